The van der Waals surface area contributed by atoms with Crippen LogP contribution in [0.1, 0.15) is 17.4 Å². The van der Waals surface area contributed by atoms with E-state index in [1.165, 1.54) is 4.88 Å². The number of thioether (sulfide) groups is 1. The molecule has 2 atom stereocenters. The van der Waals surface area contributed by atoms with Crippen molar-refractivity contribution >= 4 is 29.0 Å². The Kier molecular flexibility index (Phi) is 5.69. The fourth-order valence-electron chi connectivity index (χ4n) is 2.10. The quantitative estimate of drug-likeness (QED) is 0.900. The van der Waals surface area contributed by atoms with Gasteiger partial charge >= 0.3 is 0 Å². The smallest absolute Gasteiger partial charge is 0.239 e. The van der Waals surface area contributed by atoms with Gasteiger partial charge in [0.1, 0.15) is 6.10 Å². The van der Waals surface area contributed by atoms with Crippen molar-refractivity contribution in [2.75, 3.05) is 31.7 Å². The Morgan fingerprint density at radius 1 is 1.74 bits per heavy atom. The van der Waals surface area contributed by atoms with Gasteiger partial charge in [-0.2, -0.15) is 11.8 Å². The molecule has 0 aromatic carbocycles. The first-order chi connectivity index (χ1) is 9.22. The van der Waals surface area contributed by atoms with Crippen LogP contribution in [0.4, 0.5) is 0 Å². The molecule has 19 heavy (non-hydrogen) atoms. The third kappa shape index (κ3) is 3.95. The van der Waals surface area contributed by atoms with Crippen LogP contribution in [0.5, 0.6) is 0 Å². The molecule has 1 aromatic rings. The summed E-state index contributed by atoms with van der Waals surface area (Å²) in [5, 5.41) is 2.03. The highest BCUT2D eigenvalue weighted by Gasteiger charge is 2.28. The minimum Gasteiger partial charge on any atom is -0.369 e. The minimum atomic E-state index is -0.380. The molecule has 0 aliphatic carbocycles. The van der Waals surface area contributed by atoms with Gasteiger partial charge in [0.15, 0.2) is 0 Å². The van der Waals surface area contributed by atoms with Gasteiger partial charge in [-0.05, 0) is 29.9 Å². The fourth-order valence-corrected chi connectivity index (χ4v) is 3.35. The molecule has 1 aromatic heterocycles. The second-order valence-electron chi connectivity index (χ2n) is 4.55. The summed E-state index contributed by atoms with van der Waals surface area (Å²) in [6.07, 6.45) is 2.77. The van der Waals surface area contributed by atoms with Gasteiger partial charge < -0.3 is 15.4 Å². The van der Waals surface area contributed by atoms with Crippen molar-refractivity contribution in [3.63, 3.8) is 0 Å². The maximum absolute atomic E-state index is 12.3. The molecule has 1 aliphatic rings. The molecule has 0 saturated carbocycles. The summed E-state index contributed by atoms with van der Waals surface area (Å²) in [6, 6.07) is 3.68. The Hall–Kier alpha value is -0.560. The number of hydrogen-bond acceptors (Lipinski definition) is 5. The maximum Gasteiger partial charge on any atom is 0.239 e. The van der Waals surface area contributed by atoms with Gasteiger partial charge in [0.2, 0.25) is 5.91 Å². The number of ether oxygens (including phenoxy) is 1. The predicted octanol–water partition coefficient (Wildman–Crippen LogP) is 1.73. The predicted molar refractivity (Wildman–Crippen MR) is 80.6 cm³/mol. The highest BCUT2D eigenvalue weighted by molar-refractivity contribution is 7.98. The second-order valence-corrected chi connectivity index (χ2v) is 6.51. The van der Waals surface area contributed by atoms with E-state index in [2.05, 4.69) is 6.07 Å². The SMILES string of the molecule is CSCC[C@H](N)C(=O)N1CCOC(c2cccs2)C1. The molecular weight excluding hydrogens is 280 g/mol. The average molecular weight is 300 g/mol. The Bertz CT molecular complexity index is 397. The van der Waals surface area contributed by atoms with Crippen LogP contribution in [0.25, 0.3) is 0 Å². The third-order valence-corrected chi connectivity index (χ3v) is 4.80. The molecular formula is C13H20N2O2S2. The Morgan fingerprint density at radius 3 is 3.26 bits per heavy atom. The molecule has 106 valence electrons. The number of amides is 1. The van der Waals surface area contributed by atoms with Crippen LogP contribution < -0.4 is 5.73 Å². The van der Waals surface area contributed by atoms with Crippen molar-refractivity contribution in [3.05, 3.63) is 22.4 Å². The molecule has 6 heteroatoms. The zero-order chi connectivity index (χ0) is 13.7. The number of carbonyl (C=O) groups is 1. The van der Waals surface area contributed by atoms with E-state index in [9.17, 15) is 4.79 Å². The number of hydrogen-bond donors (Lipinski definition) is 1. The van der Waals surface area contributed by atoms with Crippen LogP contribution in [0.15, 0.2) is 17.5 Å². The summed E-state index contributed by atoms with van der Waals surface area (Å²) in [6.45, 7) is 1.85. The van der Waals surface area contributed by atoms with Gasteiger partial charge in [-0.15, -0.1) is 11.3 Å². The van der Waals surface area contributed by atoms with Gasteiger partial charge in [-0.3, -0.25) is 4.79 Å². The lowest BCUT2D eigenvalue weighted by Crippen LogP contribution is -2.49. The van der Waals surface area contributed by atoms with E-state index in [0.717, 1.165) is 12.2 Å². The maximum atomic E-state index is 12.3. The van der Waals surface area contributed by atoms with Gasteiger partial charge in [0.25, 0.3) is 0 Å². The first kappa shape index (κ1) is 14.8. The average Bonchev–Trinajstić information content (AvgIpc) is 2.98. The topological polar surface area (TPSA) is 55.6 Å². The van der Waals surface area contributed by atoms with E-state index in [1.54, 1.807) is 23.1 Å². The first-order valence-corrected chi connectivity index (χ1v) is 8.68. The summed E-state index contributed by atoms with van der Waals surface area (Å²) in [5.74, 6) is 0.977. The molecule has 0 radical (unpaired) electrons. The first-order valence-electron chi connectivity index (χ1n) is 6.40. The van der Waals surface area contributed by atoms with Crippen LogP contribution >= 0.6 is 23.1 Å². The van der Waals surface area contributed by atoms with Crippen molar-refractivity contribution in [1.29, 1.82) is 0 Å². The lowest BCUT2D eigenvalue weighted by atomic mass is 10.1. The zero-order valence-electron chi connectivity index (χ0n) is 11.1. The van der Waals surface area contributed by atoms with Crippen LogP contribution in [-0.4, -0.2) is 48.6 Å². The lowest BCUT2D eigenvalue weighted by Gasteiger charge is -2.34. The Labute approximate surface area is 122 Å². The monoisotopic (exact) mass is 300 g/mol. The lowest BCUT2D eigenvalue weighted by molar-refractivity contribution is -0.140. The van der Waals surface area contributed by atoms with E-state index in [1.807, 2.05) is 22.6 Å². The number of nitrogens with two attached hydrogens (primary N) is 1. The number of rotatable bonds is 5. The summed E-state index contributed by atoms with van der Waals surface area (Å²) in [5.41, 5.74) is 5.96. The van der Waals surface area contributed by atoms with E-state index in [4.69, 9.17) is 10.5 Å². The highest BCUT2D eigenvalue weighted by Crippen LogP contribution is 2.26. The molecule has 2 rings (SSSR count). The summed E-state index contributed by atoms with van der Waals surface area (Å²) in [4.78, 5) is 15.3. The number of nitrogens with zero attached hydrogens (tertiary/aromatic N) is 1. The molecule has 1 unspecified atom stereocenters. The molecule has 4 nitrogen and oxygen atoms in total. The summed E-state index contributed by atoms with van der Waals surface area (Å²) in [7, 11) is 0. The van der Waals surface area contributed by atoms with Gasteiger partial charge in [-0.25, -0.2) is 0 Å². The number of carbonyl (C=O) groups excluding carboxylic acids is 1. The van der Waals surface area contributed by atoms with Crippen molar-refractivity contribution in [2.45, 2.75) is 18.6 Å². The minimum absolute atomic E-state index is 0.00505. The molecule has 0 spiro atoms. The zero-order valence-corrected chi connectivity index (χ0v) is 12.7. The molecule has 1 aliphatic heterocycles. The molecule has 2 heterocycles. The standard InChI is InChI=1S/C13H20N2O2S2/c1-18-8-4-10(14)13(16)15-5-6-17-11(9-15)12-3-2-7-19-12/h2-3,7,10-11H,4-6,8-9,14H2,1H3/t10-,11?/m0/s1. The molecule has 0 bridgehead atoms. The molecule has 2 N–H and O–H groups in total. The Balaban J connectivity index is 1.91. The van der Waals surface area contributed by atoms with E-state index in [-0.39, 0.29) is 18.1 Å². The van der Waals surface area contributed by atoms with Crippen LogP contribution in [0.2, 0.25) is 0 Å². The Morgan fingerprint density at radius 2 is 2.58 bits per heavy atom. The fraction of sp³-hybridized carbons (Fsp3) is 0.615. The van der Waals surface area contributed by atoms with E-state index in [0.29, 0.717) is 19.7 Å². The van der Waals surface area contributed by atoms with Crippen molar-refractivity contribution in [1.82, 2.24) is 4.90 Å². The molecule has 1 amide bonds. The van der Waals surface area contributed by atoms with Crippen molar-refractivity contribution in [2.24, 2.45) is 5.73 Å². The normalized spacial score (nSPS) is 21.4. The van der Waals surface area contributed by atoms with Crippen molar-refractivity contribution in [3.8, 4) is 0 Å². The largest absolute Gasteiger partial charge is 0.369 e. The summed E-state index contributed by atoms with van der Waals surface area (Å²) >= 11 is 3.39. The van der Waals surface area contributed by atoms with Gasteiger partial charge in [0.05, 0.1) is 19.2 Å². The highest BCUT2D eigenvalue weighted by atomic mass is 32.2. The van der Waals surface area contributed by atoms with Crippen LogP contribution in [-0.2, 0) is 9.53 Å². The molecule has 1 saturated heterocycles. The van der Waals surface area contributed by atoms with Crippen LogP contribution in [0, 0.1) is 0 Å². The summed E-state index contributed by atoms with van der Waals surface area (Å²) < 4.78 is 5.74. The van der Waals surface area contributed by atoms with Gasteiger partial charge in [-0.1, -0.05) is 6.07 Å². The van der Waals surface area contributed by atoms with E-state index >= 15 is 0 Å². The number of thiophene rings is 1. The van der Waals surface area contributed by atoms with Crippen molar-refractivity contribution < 1.29 is 9.53 Å². The van der Waals surface area contributed by atoms with E-state index < -0.39 is 0 Å². The van der Waals surface area contributed by atoms with Crippen LogP contribution in [0.3, 0.4) is 0 Å². The molecule has 1 fully saturated rings. The third-order valence-electron chi connectivity index (χ3n) is 3.19. The number of morpholine rings is 1. The second kappa shape index (κ2) is 7.28. The van der Waals surface area contributed by atoms with Gasteiger partial charge in [0, 0.05) is 11.4 Å².